The third-order valence-electron chi connectivity index (χ3n) is 6.74. The molecule has 0 unspecified atom stereocenters. The van der Waals surface area contributed by atoms with Crippen molar-refractivity contribution in [1.29, 1.82) is 0 Å². The van der Waals surface area contributed by atoms with Crippen LogP contribution in [0.15, 0.2) is 72.8 Å². The number of aryl methyl sites for hydroxylation is 1. The van der Waals surface area contributed by atoms with E-state index in [0.717, 1.165) is 33.4 Å². The van der Waals surface area contributed by atoms with Gasteiger partial charge in [0.1, 0.15) is 0 Å². The molecule has 8 heteroatoms. The molecule has 1 aromatic heterocycles. The lowest BCUT2D eigenvalue weighted by Crippen LogP contribution is -2.50. The van der Waals surface area contributed by atoms with E-state index < -0.39 is 0 Å². The highest BCUT2D eigenvalue weighted by Crippen LogP contribution is 2.33. The molecule has 4 aromatic rings. The summed E-state index contributed by atoms with van der Waals surface area (Å²) in [4.78, 5) is 33.0. The van der Waals surface area contributed by atoms with E-state index >= 15 is 0 Å². The van der Waals surface area contributed by atoms with Gasteiger partial charge < -0.3 is 15.2 Å². The van der Waals surface area contributed by atoms with Gasteiger partial charge in [-0.05, 0) is 60.0 Å². The van der Waals surface area contributed by atoms with E-state index in [1.807, 2.05) is 77.7 Å². The summed E-state index contributed by atoms with van der Waals surface area (Å²) < 4.78 is 0. The predicted molar refractivity (Wildman–Crippen MR) is 150 cm³/mol. The number of hydrogen-bond donors (Lipinski definition) is 2. The SMILES string of the molecule is O=C(CN1CCN(C(=O)CCc2c(-c3ccc(Cl)cc3)[nH]c3ccc(Cl)cc23)CC1)Nc1ccccc1. The van der Waals surface area contributed by atoms with E-state index in [9.17, 15) is 9.59 Å². The van der Waals surface area contributed by atoms with Crippen molar-refractivity contribution in [3.8, 4) is 11.3 Å². The Morgan fingerprint density at radius 3 is 2.30 bits per heavy atom. The number of carbonyl (C=O) groups is 2. The van der Waals surface area contributed by atoms with E-state index in [2.05, 4.69) is 15.2 Å². The molecule has 0 atom stereocenters. The van der Waals surface area contributed by atoms with Gasteiger partial charge in [-0.2, -0.15) is 0 Å². The summed E-state index contributed by atoms with van der Waals surface area (Å²) in [7, 11) is 0. The van der Waals surface area contributed by atoms with Crippen LogP contribution in [0.25, 0.3) is 22.2 Å². The molecule has 5 rings (SSSR count). The summed E-state index contributed by atoms with van der Waals surface area (Å²) >= 11 is 12.4. The van der Waals surface area contributed by atoms with Gasteiger partial charge in [0.15, 0.2) is 0 Å². The number of piperazine rings is 1. The van der Waals surface area contributed by atoms with Crippen molar-refractivity contribution in [1.82, 2.24) is 14.8 Å². The molecule has 3 aromatic carbocycles. The van der Waals surface area contributed by atoms with Gasteiger partial charge in [-0.25, -0.2) is 0 Å². The maximum Gasteiger partial charge on any atom is 0.238 e. The number of nitrogens with one attached hydrogen (secondary N) is 2. The number of hydrogen-bond acceptors (Lipinski definition) is 3. The molecule has 6 nitrogen and oxygen atoms in total. The number of para-hydroxylation sites is 1. The zero-order chi connectivity index (χ0) is 25.8. The van der Waals surface area contributed by atoms with Gasteiger partial charge >= 0.3 is 0 Å². The predicted octanol–water partition coefficient (Wildman–Crippen LogP) is 5.86. The topological polar surface area (TPSA) is 68.4 Å². The number of amides is 2. The lowest BCUT2D eigenvalue weighted by Gasteiger charge is -2.34. The van der Waals surface area contributed by atoms with Crippen LogP contribution in [0.3, 0.4) is 0 Å². The minimum absolute atomic E-state index is 0.0429. The number of aromatic nitrogens is 1. The van der Waals surface area contributed by atoms with Crippen molar-refractivity contribution < 1.29 is 9.59 Å². The number of benzene rings is 3. The summed E-state index contributed by atoms with van der Waals surface area (Å²) in [5.41, 5.74) is 4.85. The van der Waals surface area contributed by atoms with Crippen LogP contribution < -0.4 is 5.32 Å². The molecule has 1 aliphatic heterocycles. The first kappa shape index (κ1) is 25.3. The average Bonchev–Trinajstić information content (AvgIpc) is 3.26. The largest absolute Gasteiger partial charge is 0.354 e. The normalized spacial score (nSPS) is 14.2. The van der Waals surface area contributed by atoms with Crippen LogP contribution in [0.5, 0.6) is 0 Å². The lowest BCUT2D eigenvalue weighted by atomic mass is 10.0. The fourth-order valence-corrected chi connectivity index (χ4v) is 5.11. The molecule has 1 fully saturated rings. The molecule has 0 radical (unpaired) electrons. The Labute approximate surface area is 226 Å². The minimum atomic E-state index is -0.0429. The highest BCUT2D eigenvalue weighted by molar-refractivity contribution is 6.31. The molecule has 0 saturated carbocycles. The maximum absolute atomic E-state index is 13.1. The molecule has 1 aliphatic rings. The molecule has 2 heterocycles. The van der Waals surface area contributed by atoms with Gasteiger partial charge in [0.05, 0.1) is 6.54 Å². The Balaban J connectivity index is 1.20. The van der Waals surface area contributed by atoms with Gasteiger partial charge in [-0.3, -0.25) is 14.5 Å². The van der Waals surface area contributed by atoms with Crippen LogP contribution in [0.1, 0.15) is 12.0 Å². The van der Waals surface area contributed by atoms with Crippen LogP contribution in [0.2, 0.25) is 10.0 Å². The summed E-state index contributed by atoms with van der Waals surface area (Å²) in [5, 5.41) is 5.28. The first-order valence-corrected chi connectivity index (χ1v) is 13.1. The van der Waals surface area contributed by atoms with Gasteiger partial charge in [-0.1, -0.05) is 53.5 Å². The lowest BCUT2D eigenvalue weighted by molar-refractivity contribution is -0.133. The van der Waals surface area contributed by atoms with Gasteiger partial charge in [0.2, 0.25) is 11.8 Å². The number of aromatic amines is 1. The first-order chi connectivity index (χ1) is 18.0. The van der Waals surface area contributed by atoms with Crippen LogP contribution in [-0.4, -0.2) is 59.3 Å². The number of carbonyl (C=O) groups excluding carboxylic acids is 2. The summed E-state index contributed by atoms with van der Waals surface area (Å²) in [6, 6.07) is 22.9. The van der Waals surface area contributed by atoms with Crippen molar-refractivity contribution in [2.45, 2.75) is 12.8 Å². The number of H-pyrrole nitrogens is 1. The smallest absolute Gasteiger partial charge is 0.238 e. The standard InChI is InChI=1S/C29H28Cl2N4O2/c30-21-8-6-20(7-9-21)29-24(25-18-22(31)10-12-26(25)33-29)11-13-28(37)35-16-14-34(15-17-35)19-27(36)32-23-4-2-1-3-5-23/h1-10,12,18,33H,11,13-17,19H2,(H,32,36). The van der Waals surface area contributed by atoms with Crippen molar-refractivity contribution in [2.75, 3.05) is 38.0 Å². The Bertz CT molecular complexity index is 1390. The van der Waals surface area contributed by atoms with E-state index in [1.54, 1.807) is 0 Å². The molecular weight excluding hydrogens is 507 g/mol. The Kier molecular flexibility index (Phi) is 7.79. The van der Waals surface area contributed by atoms with E-state index in [1.165, 1.54) is 0 Å². The van der Waals surface area contributed by atoms with Crippen LogP contribution in [0.4, 0.5) is 5.69 Å². The fourth-order valence-electron chi connectivity index (χ4n) is 4.81. The van der Waals surface area contributed by atoms with Crippen LogP contribution in [-0.2, 0) is 16.0 Å². The molecule has 190 valence electrons. The van der Waals surface area contributed by atoms with Crippen LogP contribution >= 0.6 is 23.2 Å². The van der Waals surface area contributed by atoms with Gasteiger partial charge in [0.25, 0.3) is 0 Å². The monoisotopic (exact) mass is 534 g/mol. The Hall–Kier alpha value is -3.32. The summed E-state index contributed by atoms with van der Waals surface area (Å²) in [6.07, 6.45) is 0.991. The van der Waals surface area contributed by atoms with Crippen molar-refractivity contribution >= 4 is 51.6 Å². The zero-order valence-electron chi connectivity index (χ0n) is 20.3. The fraction of sp³-hybridized carbons (Fsp3) is 0.241. The first-order valence-electron chi connectivity index (χ1n) is 12.4. The van der Waals surface area contributed by atoms with Crippen molar-refractivity contribution in [3.05, 3.63) is 88.4 Å². The molecule has 2 N–H and O–H groups in total. The summed E-state index contributed by atoms with van der Waals surface area (Å²) in [6.45, 7) is 2.89. The molecule has 37 heavy (non-hydrogen) atoms. The second-order valence-corrected chi connectivity index (χ2v) is 10.1. The molecule has 0 bridgehead atoms. The average molecular weight is 535 g/mol. The molecule has 0 spiro atoms. The highest BCUT2D eigenvalue weighted by atomic mass is 35.5. The van der Waals surface area contributed by atoms with E-state index in [-0.39, 0.29) is 11.8 Å². The highest BCUT2D eigenvalue weighted by Gasteiger charge is 2.23. The third kappa shape index (κ3) is 6.16. The Morgan fingerprint density at radius 2 is 1.57 bits per heavy atom. The quantitative estimate of drug-likeness (QED) is 0.312. The van der Waals surface area contributed by atoms with Crippen molar-refractivity contribution in [3.63, 3.8) is 0 Å². The maximum atomic E-state index is 13.1. The van der Waals surface area contributed by atoms with Crippen molar-refractivity contribution in [2.24, 2.45) is 0 Å². The molecule has 1 saturated heterocycles. The van der Waals surface area contributed by atoms with E-state index in [0.29, 0.717) is 55.6 Å². The number of anilines is 1. The third-order valence-corrected chi connectivity index (χ3v) is 7.23. The molecule has 0 aliphatic carbocycles. The number of nitrogens with zero attached hydrogens (tertiary/aromatic N) is 2. The molecular formula is C29H28Cl2N4O2. The second kappa shape index (κ2) is 11.4. The van der Waals surface area contributed by atoms with Crippen LogP contribution in [0, 0.1) is 0 Å². The van der Waals surface area contributed by atoms with Gasteiger partial charge in [0, 0.05) is 64.9 Å². The van der Waals surface area contributed by atoms with Gasteiger partial charge in [-0.15, -0.1) is 0 Å². The number of halogens is 2. The van der Waals surface area contributed by atoms with E-state index in [4.69, 9.17) is 23.2 Å². The Morgan fingerprint density at radius 1 is 0.865 bits per heavy atom. The zero-order valence-corrected chi connectivity index (χ0v) is 21.9. The molecule has 2 amide bonds. The number of fused-ring (bicyclic) bond motifs is 1. The summed E-state index contributed by atoms with van der Waals surface area (Å²) in [5.74, 6) is 0.0746. The minimum Gasteiger partial charge on any atom is -0.354 e. The second-order valence-electron chi connectivity index (χ2n) is 9.25. The number of rotatable bonds is 7.